The molecule has 1 aromatic rings. The van der Waals surface area contributed by atoms with E-state index in [9.17, 15) is 0 Å². The van der Waals surface area contributed by atoms with Crippen molar-refractivity contribution in [1.82, 2.24) is 0 Å². The monoisotopic (exact) mass is 221 g/mol. The Morgan fingerprint density at radius 3 is 2.38 bits per heavy atom. The lowest BCUT2D eigenvalue weighted by Gasteiger charge is -2.12. The molecule has 0 heterocycles. The Hall–Kier alpha value is -0.860. The van der Waals surface area contributed by atoms with Gasteiger partial charge in [-0.1, -0.05) is 29.3 Å². The maximum absolute atomic E-state index is 6.09. The number of ether oxygens (including phenoxy) is 1. The molecule has 0 aliphatic rings. The number of nitrogens with two attached hydrogens (primary N) is 1. The quantitative estimate of drug-likeness (QED) is 0.749. The number of methoxy groups -OCH3 is 1. The molecule has 1 rings (SSSR count). The molecule has 0 spiro atoms. The van der Waals surface area contributed by atoms with Crippen molar-refractivity contribution in [2.45, 2.75) is 39.2 Å². The molecular weight excluding hydrogens is 198 g/mol. The first-order chi connectivity index (χ1) is 7.61. The van der Waals surface area contributed by atoms with Crippen LogP contribution in [-0.2, 0) is 11.2 Å². The Kier molecular flexibility index (Phi) is 5.50. The first-order valence-corrected chi connectivity index (χ1v) is 5.93. The summed E-state index contributed by atoms with van der Waals surface area (Å²) in [5, 5.41) is 0. The Labute approximate surface area is 98.8 Å². The second-order valence-electron chi connectivity index (χ2n) is 4.60. The lowest BCUT2D eigenvalue weighted by Crippen LogP contribution is -2.23. The van der Waals surface area contributed by atoms with Crippen molar-refractivity contribution in [3.05, 3.63) is 34.9 Å². The van der Waals surface area contributed by atoms with Crippen molar-refractivity contribution in [1.29, 1.82) is 0 Å². The van der Waals surface area contributed by atoms with Crippen molar-refractivity contribution in [3.8, 4) is 0 Å². The van der Waals surface area contributed by atoms with Crippen LogP contribution in [0.2, 0.25) is 0 Å². The van der Waals surface area contributed by atoms with Crippen LogP contribution < -0.4 is 5.73 Å². The van der Waals surface area contributed by atoms with Gasteiger partial charge in [0.1, 0.15) is 0 Å². The van der Waals surface area contributed by atoms with Gasteiger partial charge in [-0.05, 0) is 38.7 Å². The number of rotatable bonds is 6. The molecule has 0 aliphatic heterocycles. The predicted molar refractivity (Wildman–Crippen MR) is 68.7 cm³/mol. The Morgan fingerprint density at radius 1 is 1.19 bits per heavy atom. The molecule has 90 valence electrons. The zero-order chi connectivity index (χ0) is 12.0. The van der Waals surface area contributed by atoms with Gasteiger partial charge in [-0.2, -0.15) is 0 Å². The topological polar surface area (TPSA) is 35.2 Å². The van der Waals surface area contributed by atoms with E-state index in [1.807, 2.05) is 0 Å². The van der Waals surface area contributed by atoms with E-state index < -0.39 is 0 Å². The van der Waals surface area contributed by atoms with E-state index in [-0.39, 0.29) is 6.04 Å². The fourth-order valence-electron chi connectivity index (χ4n) is 2.08. The van der Waals surface area contributed by atoms with E-state index in [2.05, 4.69) is 32.0 Å². The average Bonchev–Trinajstić information content (AvgIpc) is 2.16. The highest BCUT2D eigenvalue weighted by molar-refractivity contribution is 5.29. The predicted octanol–water partition coefficient (Wildman–Crippen LogP) is 2.60. The summed E-state index contributed by atoms with van der Waals surface area (Å²) in [6, 6.07) is 6.89. The first kappa shape index (κ1) is 13.2. The molecule has 0 radical (unpaired) electrons. The molecule has 0 fully saturated rings. The molecule has 16 heavy (non-hydrogen) atoms. The summed E-state index contributed by atoms with van der Waals surface area (Å²) in [6.45, 7) is 5.07. The van der Waals surface area contributed by atoms with Crippen LogP contribution >= 0.6 is 0 Å². The lowest BCUT2D eigenvalue weighted by molar-refractivity contribution is 0.190. The standard InChI is InChI=1S/C14H23NO/c1-11-7-12(2)9-13(8-11)10-14(15)5-4-6-16-3/h7-9,14H,4-6,10,15H2,1-3H3. The van der Waals surface area contributed by atoms with Crippen LogP contribution in [-0.4, -0.2) is 19.8 Å². The van der Waals surface area contributed by atoms with E-state index in [0.29, 0.717) is 0 Å². The highest BCUT2D eigenvalue weighted by Gasteiger charge is 2.04. The first-order valence-electron chi connectivity index (χ1n) is 5.93. The summed E-state index contributed by atoms with van der Waals surface area (Å²) in [7, 11) is 1.73. The van der Waals surface area contributed by atoms with Crippen LogP contribution in [0, 0.1) is 13.8 Å². The molecule has 1 unspecified atom stereocenters. The smallest absolute Gasteiger partial charge is 0.0462 e. The Morgan fingerprint density at radius 2 is 1.81 bits per heavy atom. The van der Waals surface area contributed by atoms with Crippen LogP contribution in [0.1, 0.15) is 29.5 Å². The number of hydrogen-bond acceptors (Lipinski definition) is 2. The van der Waals surface area contributed by atoms with E-state index >= 15 is 0 Å². The molecule has 2 nitrogen and oxygen atoms in total. The molecule has 2 heteroatoms. The fraction of sp³-hybridized carbons (Fsp3) is 0.571. The maximum atomic E-state index is 6.09. The van der Waals surface area contributed by atoms with E-state index in [0.717, 1.165) is 25.9 Å². The van der Waals surface area contributed by atoms with Gasteiger partial charge in [0.15, 0.2) is 0 Å². The fourth-order valence-corrected chi connectivity index (χ4v) is 2.08. The van der Waals surface area contributed by atoms with Crippen LogP contribution in [0.25, 0.3) is 0 Å². The van der Waals surface area contributed by atoms with Gasteiger partial charge < -0.3 is 10.5 Å². The Balaban J connectivity index is 2.45. The number of benzene rings is 1. The van der Waals surface area contributed by atoms with Crippen LogP contribution in [0.4, 0.5) is 0 Å². The second-order valence-corrected chi connectivity index (χ2v) is 4.60. The molecule has 1 aromatic carbocycles. The van der Waals surface area contributed by atoms with E-state index in [4.69, 9.17) is 10.5 Å². The van der Waals surface area contributed by atoms with Crippen LogP contribution in [0.5, 0.6) is 0 Å². The molecule has 0 aliphatic carbocycles. The van der Waals surface area contributed by atoms with Gasteiger partial charge >= 0.3 is 0 Å². The summed E-state index contributed by atoms with van der Waals surface area (Å²) in [5.41, 5.74) is 10.1. The zero-order valence-electron chi connectivity index (χ0n) is 10.6. The van der Waals surface area contributed by atoms with Gasteiger partial charge in [-0.3, -0.25) is 0 Å². The molecule has 0 saturated heterocycles. The summed E-state index contributed by atoms with van der Waals surface area (Å²) in [4.78, 5) is 0. The largest absolute Gasteiger partial charge is 0.385 e. The third-order valence-electron chi connectivity index (χ3n) is 2.70. The molecular formula is C14H23NO. The summed E-state index contributed by atoms with van der Waals surface area (Å²) >= 11 is 0. The van der Waals surface area contributed by atoms with Crippen molar-refractivity contribution in [2.24, 2.45) is 5.73 Å². The van der Waals surface area contributed by atoms with Crippen molar-refractivity contribution in [3.63, 3.8) is 0 Å². The SMILES string of the molecule is COCCCC(N)Cc1cc(C)cc(C)c1. The van der Waals surface area contributed by atoms with E-state index in [1.54, 1.807) is 7.11 Å². The highest BCUT2D eigenvalue weighted by atomic mass is 16.5. The second kappa shape index (κ2) is 6.66. The van der Waals surface area contributed by atoms with Gasteiger partial charge in [-0.15, -0.1) is 0 Å². The lowest BCUT2D eigenvalue weighted by atomic mass is 9.99. The van der Waals surface area contributed by atoms with Crippen molar-refractivity contribution < 1.29 is 4.74 Å². The minimum absolute atomic E-state index is 0.247. The third kappa shape index (κ3) is 4.77. The summed E-state index contributed by atoms with van der Waals surface area (Å²) in [6.07, 6.45) is 3.04. The van der Waals surface area contributed by atoms with Crippen molar-refractivity contribution >= 4 is 0 Å². The minimum atomic E-state index is 0.247. The van der Waals surface area contributed by atoms with Crippen molar-refractivity contribution in [2.75, 3.05) is 13.7 Å². The normalized spacial score (nSPS) is 12.8. The van der Waals surface area contributed by atoms with Crippen LogP contribution in [0.15, 0.2) is 18.2 Å². The highest BCUT2D eigenvalue weighted by Crippen LogP contribution is 2.12. The van der Waals surface area contributed by atoms with Gasteiger partial charge in [-0.25, -0.2) is 0 Å². The molecule has 0 saturated carbocycles. The Bertz CT molecular complexity index is 302. The molecule has 2 N–H and O–H groups in total. The van der Waals surface area contributed by atoms with Gasteiger partial charge in [0.05, 0.1) is 0 Å². The van der Waals surface area contributed by atoms with Gasteiger partial charge in [0.2, 0.25) is 0 Å². The summed E-state index contributed by atoms with van der Waals surface area (Å²) in [5.74, 6) is 0. The van der Waals surface area contributed by atoms with Crippen LogP contribution in [0.3, 0.4) is 0 Å². The molecule has 1 atom stereocenters. The number of aryl methyl sites for hydroxylation is 2. The van der Waals surface area contributed by atoms with Gasteiger partial charge in [0.25, 0.3) is 0 Å². The average molecular weight is 221 g/mol. The molecule has 0 bridgehead atoms. The molecule has 0 aromatic heterocycles. The van der Waals surface area contributed by atoms with E-state index in [1.165, 1.54) is 16.7 Å². The van der Waals surface area contributed by atoms with Gasteiger partial charge in [0, 0.05) is 19.8 Å². The summed E-state index contributed by atoms with van der Waals surface area (Å²) < 4.78 is 5.03. The number of hydrogen-bond donors (Lipinski definition) is 1. The third-order valence-corrected chi connectivity index (χ3v) is 2.70. The molecule has 0 amide bonds. The maximum Gasteiger partial charge on any atom is 0.0462 e. The zero-order valence-corrected chi connectivity index (χ0v) is 10.6. The minimum Gasteiger partial charge on any atom is -0.385 e.